The highest BCUT2D eigenvalue weighted by Crippen LogP contribution is 2.20. The van der Waals surface area contributed by atoms with E-state index < -0.39 is 0 Å². The second-order valence-corrected chi connectivity index (χ2v) is 3.50. The van der Waals surface area contributed by atoms with Crippen molar-refractivity contribution < 1.29 is 5.11 Å². The first kappa shape index (κ1) is 8.44. The van der Waals surface area contributed by atoms with Crippen molar-refractivity contribution in [3.8, 4) is 0 Å². The number of hydrogen-bond acceptors (Lipinski definition) is 2. The van der Waals surface area contributed by atoms with Gasteiger partial charge in [-0.15, -0.1) is 0 Å². The molecule has 15 heavy (non-hydrogen) atoms. The van der Waals surface area contributed by atoms with Crippen LogP contribution in [0.4, 0.5) is 0 Å². The van der Waals surface area contributed by atoms with Crippen LogP contribution in [0.2, 0.25) is 0 Å². The van der Waals surface area contributed by atoms with Gasteiger partial charge in [-0.2, -0.15) is 0 Å². The minimum absolute atomic E-state index is 0.0502. The van der Waals surface area contributed by atoms with Crippen molar-refractivity contribution in [2.24, 2.45) is 0 Å². The zero-order valence-electron chi connectivity index (χ0n) is 8.09. The first-order valence-corrected chi connectivity index (χ1v) is 4.85. The molecule has 2 heterocycles. The molecule has 3 aromatic rings. The van der Waals surface area contributed by atoms with E-state index in [1.54, 1.807) is 6.20 Å². The molecule has 1 N–H and O–H groups in total. The SMILES string of the molecule is OCc1cccc2ccc3nccn3c12. The fourth-order valence-corrected chi connectivity index (χ4v) is 1.96. The molecular weight excluding hydrogens is 188 g/mol. The molecule has 0 aliphatic carbocycles. The van der Waals surface area contributed by atoms with Gasteiger partial charge < -0.3 is 5.11 Å². The van der Waals surface area contributed by atoms with Gasteiger partial charge in [0, 0.05) is 18.0 Å². The number of imidazole rings is 1. The third-order valence-electron chi connectivity index (χ3n) is 2.64. The second-order valence-electron chi connectivity index (χ2n) is 3.50. The smallest absolute Gasteiger partial charge is 0.137 e. The van der Waals surface area contributed by atoms with Crippen molar-refractivity contribution in [1.82, 2.24) is 9.38 Å². The van der Waals surface area contributed by atoms with Crippen LogP contribution in [0, 0.1) is 0 Å². The molecule has 0 saturated heterocycles. The van der Waals surface area contributed by atoms with Crippen LogP contribution in [0.15, 0.2) is 42.7 Å². The van der Waals surface area contributed by atoms with Gasteiger partial charge in [-0.3, -0.25) is 4.40 Å². The lowest BCUT2D eigenvalue weighted by Crippen LogP contribution is -1.93. The average molecular weight is 198 g/mol. The maximum atomic E-state index is 9.30. The summed E-state index contributed by atoms with van der Waals surface area (Å²) < 4.78 is 2.00. The van der Waals surface area contributed by atoms with E-state index in [0.29, 0.717) is 0 Å². The number of aromatic nitrogens is 2. The minimum Gasteiger partial charge on any atom is -0.392 e. The molecule has 0 atom stereocenters. The van der Waals surface area contributed by atoms with Crippen molar-refractivity contribution in [2.75, 3.05) is 0 Å². The summed E-state index contributed by atoms with van der Waals surface area (Å²) in [5, 5.41) is 10.4. The van der Waals surface area contributed by atoms with Crippen molar-refractivity contribution in [3.63, 3.8) is 0 Å². The molecule has 1 aromatic carbocycles. The van der Waals surface area contributed by atoms with E-state index in [-0.39, 0.29) is 6.61 Å². The number of aliphatic hydroxyl groups is 1. The quantitative estimate of drug-likeness (QED) is 0.649. The summed E-state index contributed by atoms with van der Waals surface area (Å²) in [5.74, 6) is 0. The number of pyridine rings is 1. The molecule has 0 saturated carbocycles. The number of para-hydroxylation sites is 1. The summed E-state index contributed by atoms with van der Waals surface area (Å²) in [7, 11) is 0. The second kappa shape index (κ2) is 3.07. The Labute approximate surface area is 86.6 Å². The molecule has 0 bridgehead atoms. The van der Waals surface area contributed by atoms with Crippen LogP contribution in [-0.2, 0) is 6.61 Å². The van der Waals surface area contributed by atoms with Crippen molar-refractivity contribution in [1.29, 1.82) is 0 Å². The fraction of sp³-hybridized carbons (Fsp3) is 0.0833. The molecule has 3 heteroatoms. The van der Waals surface area contributed by atoms with E-state index in [2.05, 4.69) is 4.98 Å². The number of fused-ring (bicyclic) bond motifs is 3. The molecule has 0 amide bonds. The van der Waals surface area contributed by atoms with E-state index in [1.807, 2.05) is 40.9 Å². The van der Waals surface area contributed by atoms with Crippen molar-refractivity contribution >= 4 is 16.6 Å². The molecule has 3 rings (SSSR count). The molecule has 74 valence electrons. The molecular formula is C12H10N2O. The van der Waals surface area contributed by atoms with Gasteiger partial charge in [0.25, 0.3) is 0 Å². The Morgan fingerprint density at radius 3 is 3.00 bits per heavy atom. The van der Waals surface area contributed by atoms with E-state index in [0.717, 1.165) is 22.1 Å². The van der Waals surface area contributed by atoms with Gasteiger partial charge in [-0.1, -0.05) is 18.2 Å². The first-order chi connectivity index (χ1) is 7.40. The Kier molecular flexibility index (Phi) is 1.73. The minimum atomic E-state index is 0.0502. The van der Waals surface area contributed by atoms with Crippen LogP contribution in [0.3, 0.4) is 0 Å². The lowest BCUT2D eigenvalue weighted by molar-refractivity contribution is 0.283. The number of benzene rings is 1. The molecule has 0 aliphatic rings. The van der Waals surface area contributed by atoms with Gasteiger partial charge in [0.15, 0.2) is 0 Å². The van der Waals surface area contributed by atoms with E-state index in [9.17, 15) is 5.11 Å². The number of aliphatic hydroxyl groups excluding tert-OH is 1. The Bertz CT molecular complexity index is 628. The lowest BCUT2D eigenvalue weighted by atomic mass is 10.1. The fourth-order valence-electron chi connectivity index (χ4n) is 1.96. The van der Waals surface area contributed by atoms with Crippen LogP contribution in [0.1, 0.15) is 5.56 Å². The van der Waals surface area contributed by atoms with E-state index in [4.69, 9.17) is 0 Å². The Morgan fingerprint density at radius 1 is 1.20 bits per heavy atom. The average Bonchev–Trinajstić information content (AvgIpc) is 2.76. The van der Waals surface area contributed by atoms with Crippen LogP contribution in [0.25, 0.3) is 16.6 Å². The molecule has 3 nitrogen and oxygen atoms in total. The third kappa shape index (κ3) is 1.13. The highest BCUT2D eigenvalue weighted by Gasteiger charge is 2.04. The zero-order chi connectivity index (χ0) is 10.3. The van der Waals surface area contributed by atoms with E-state index >= 15 is 0 Å². The maximum absolute atomic E-state index is 9.30. The number of nitrogens with zero attached hydrogens (tertiary/aromatic N) is 2. The first-order valence-electron chi connectivity index (χ1n) is 4.85. The summed E-state index contributed by atoms with van der Waals surface area (Å²) in [5.41, 5.74) is 2.87. The highest BCUT2D eigenvalue weighted by atomic mass is 16.3. The predicted molar refractivity (Wildman–Crippen MR) is 58.6 cm³/mol. The standard InChI is InChI=1S/C12H10N2O/c15-8-10-3-1-2-9-4-5-11-13-6-7-14(11)12(9)10/h1-7,15H,8H2. The van der Waals surface area contributed by atoms with Crippen molar-refractivity contribution in [2.45, 2.75) is 6.61 Å². The van der Waals surface area contributed by atoms with Crippen LogP contribution >= 0.6 is 0 Å². The van der Waals surface area contributed by atoms with Gasteiger partial charge >= 0.3 is 0 Å². The highest BCUT2D eigenvalue weighted by molar-refractivity contribution is 5.84. The summed E-state index contributed by atoms with van der Waals surface area (Å²) in [6.45, 7) is 0.0502. The molecule has 0 radical (unpaired) electrons. The van der Waals surface area contributed by atoms with Gasteiger partial charge in [-0.05, 0) is 17.5 Å². The van der Waals surface area contributed by atoms with Gasteiger partial charge in [0.1, 0.15) is 5.65 Å². The third-order valence-corrected chi connectivity index (χ3v) is 2.64. The van der Waals surface area contributed by atoms with Gasteiger partial charge in [0.05, 0.1) is 12.1 Å². The van der Waals surface area contributed by atoms with Gasteiger partial charge in [-0.25, -0.2) is 4.98 Å². The summed E-state index contributed by atoms with van der Waals surface area (Å²) in [6, 6.07) is 9.92. The predicted octanol–water partition coefficient (Wildman–Crippen LogP) is 1.98. The van der Waals surface area contributed by atoms with Gasteiger partial charge in [0.2, 0.25) is 0 Å². The molecule has 0 spiro atoms. The Morgan fingerprint density at radius 2 is 2.13 bits per heavy atom. The molecule has 0 fully saturated rings. The summed E-state index contributed by atoms with van der Waals surface area (Å²) >= 11 is 0. The molecule has 0 aliphatic heterocycles. The zero-order valence-corrected chi connectivity index (χ0v) is 8.09. The van der Waals surface area contributed by atoms with Crippen molar-refractivity contribution in [3.05, 3.63) is 48.3 Å². The van der Waals surface area contributed by atoms with Crippen LogP contribution in [-0.4, -0.2) is 14.5 Å². The maximum Gasteiger partial charge on any atom is 0.137 e. The largest absolute Gasteiger partial charge is 0.392 e. The molecule has 0 unspecified atom stereocenters. The van der Waals surface area contributed by atoms with E-state index in [1.165, 1.54) is 0 Å². The Hall–Kier alpha value is -1.87. The molecule has 2 aromatic heterocycles. The van der Waals surface area contributed by atoms with Crippen LogP contribution in [0.5, 0.6) is 0 Å². The normalized spacial score (nSPS) is 11.3. The summed E-state index contributed by atoms with van der Waals surface area (Å²) in [4.78, 5) is 4.23. The lowest BCUT2D eigenvalue weighted by Gasteiger charge is -2.06. The topological polar surface area (TPSA) is 37.5 Å². The monoisotopic (exact) mass is 198 g/mol. The number of hydrogen-bond donors (Lipinski definition) is 1. The van der Waals surface area contributed by atoms with Crippen LogP contribution < -0.4 is 0 Å². The Balaban J connectivity index is 2.58. The number of rotatable bonds is 1. The summed E-state index contributed by atoms with van der Waals surface area (Å²) in [6.07, 6.45) is 3.68.